The van der Waals surface area contributed by atoms with Gasteiger partial charge in [-0.25, -0.2) is 0 Å². The van der Waals surface area contributed by atoms with Gasteiger partial charge in [-0.05, 0) is 19.1 Å². The maximum absolute atomic E-state index is 12.1. The third-order valence-electron chi connectivity index (χ3n) is 2.58. The first-order valence-corrected chi connectivity index (χ1v) is 6.62. The predicted octanol–water partition coefficient (Wildman–Crippen LogP) is 0.783. The highest BCUT2D eigenvalue weighted by Gasteiger charge is 2.21. The maximum Gasteiger partial charge on any atom is 0.246 e. The van der Waals surface area contributed by atoms with Gasteiger partial charge < -0.3 is 10.2 Å². The van der Waals surface area contributed by atoms with E-state index in [4.69, 9.17) is 0 Å². The van der Waals surface area contributed by atoms with Crippen LogP contribution in [-0.2, 0) is 16.1 Å². The fraction of sp³-hybridized carbons (Fsp3) is 0.462. The number of amides is 2. The van der Waals surface area contributed by atoms with Crippen LogP contribution < -0.4 is 5.32 Å². The van der Waals surface area contributed by atoms with E-state index >= 15 is 0 Å². The van der Waals surface area contributed by atoms with Crippen molar-refractivity contribution >= 4 is 24.4 Å². The molecular formula is C13H19N3O2S. The second-order valence-electron chi connectivity index (χ2n) is 4.40. The van der Waals surface area contributed by atoms with Gasteiger partial charge >= 0.3 is 0 Å². The van der Waals surface area contributed by atoms with Crippen LogP contribution in [0.25, 0.3) is 0 Å². The SMILES string of the molecule is CC(=O)NC(CS)C(=O)N(C)Cc1cccc(C)n1. The van der Waals surface area contributed by atoms with E-state index in [1.54, 1.807) is 11.9 Å². The molecule has 0 aliphatic heterocycles. The molecule has 1 rings (SSSR count). The molecule has 5 nitrogen and oxygen atoms in total. The van der Waals surface area contributed by atoms with Crippen molar-refractivity contribution in [1.29, 1.82) is 0 Å². The topological polar surface area (TPSA) is 62.3 Å². The van der Waals surface area contributed by atoms with Crippen molar-refractivity contribution in [3.8, 4) is 0 Å². The van der Waals surface area contributed by atoms with Crippen molar-refractivity contribution in [3.05, 3.63) is 29.6 Å². The van der Waals surface area contributed by atoms with Crippen molar-refractivity contribution in [2.45, 2.75) is 26.4 Å². The summed E-state index contributed by atoms with van der Waals surface area (Å²) < 4.78 is 0. The fourth-order valence-corrected chi connectivity index (χ4v) is 1.95. The van der Waals surface area contributed by atoms with Crippen LogP contribution in [0.4, 0.5) is 0 Å². The average molecular weight is 281 g/mol. The molecule has 1 heterocycles. The van der Waals surface area contributed by atoms with Gasteiger partial charge in [0, 0.05) is 25.4 Å². The smallest absolute Gasteiger partial charge is 0.246 e. The first-order valence-electron chi connectivity index (χ1n) is 5.99. The van der Waals surface area contributed by atoms with Crippen LogP contribution in [0.15, 0.2) is 18.2 Å². The molecule has 0 bridgehead atoms. The first kappa shape index (κ1) is 15.5. The average Bonchev–Trinajstić information content (AvgIpc) is 2.34. The fourth-order valence-electron chi connectivity index (χ4n) is 1.71. The summed E-state index contributed by atoms with van der Waals surface area (Å²) >= 11 is 4.09. The van der Waals surface area contributed by atoms with Crippen LogP contribution in [0.5, 0.6) is 0 Å². The lowest BCUT2D eigenvalue weighted by molar-refractivity contribution is -0.134. The zero-order chi connectivity index (χ0) is 14.4. The Morgan fingerprint density at radius 3 is 2.68 bits per heavy atom. The normalized spacial score (nSPS) is 11.8. The number of rotatable bonds is 5. The quantitative estimate of drug-likeness (QED) is 0.784. The molecule has 6 heteroatoms. The molecule has 0 saturated heterocycles. The lowest BCUT2D eigenvalue weighted by atomic mass is 10.2. The highest BCUT2D eigenvalue weighted by Crippen LogP contribution is 2.04. The molecule has 0 aliphatic rings. The number of pyridine rings is 1. The summed E-state index contributed by atoms with van der Waals surface area (Å²) in [7, 11) is 1.69. The Bertz CT molecular complexity index is 465. The van der Waals surface area contributed by atoms with Gasteiger partial charge in [0.1, 0.15) is 6.04 Å². The minimum absolute atomic E-state index is 0.173. The summed E-state index contributed by atoms with van der Waals surface area (Å²) in [5, 5.41) is 2.58. The van der Waals surface area contributed by atoms with Crippen LogP contribution in [0.3, 0.4) is 0 Å². The number of nitrogens with one attached hydrogen (secondary N) is 1. The van der Waals surface area contributed by atoms with Crippen molar-refractivity contribution < 1.29 is 9.59 Å². The van der Waals surface area contributed by atoms with Gasteiger partial charge in [-0.3, -0.25) is 14.6 Å². The second-order valence-corrected chi connectivity index (χ2v) is 4.77. The monoisotopic (exact) mass is 281 g/mol. The largest absolute Gasteiger partial charge is 0.344 e. The Morgan fingerprint density at radius 1 is 1.47 bits per heavy atom. The lowest BCUT2D eigenvalue weighted by Gasteiger charge is -2.23. The number of carbonyl (C=O) groups excluding carboxylic acids is 2. The van der Waals surface area contributed by atoms with Crippen molar-refractivity contribution in [3.63, 3.8) is 0 Å². The third-order valence-corrected chi connectivity index (χ3v) is 2.94. The summed E-state index contributed by atoms with van der Waals surface area (Å²) in [6.45, 7) is 3.69. The molecule has 0 aliphatic carbocycles. The van der Waals surface area contributed by atoms with Gasteiger partial charge in [0.25, 0.3) is 0 Å². The molecule has 1 atom stereocenters. The van der Waals surface area contributed by atoms with Gasteiger partial charge in [-0.1, -0.05) is 6.07 Å². The zero-order valence-electron chi connectivity index (χ0n) is 11.4. The molecule has 1 unspecified atom stereocenters. The Balaban J connectivity index is 2.68. The lowest BCUT2D eigenvalue weighted by Crippen LogP contribution is -2.47. The molecule has 0 spiro atoms. The Hall–Kier alpha value is -1.56. The van der Waals surface area contributed by atoms with E-state index in [-0.39, 0.29) is 17.6 Å². The van der Waals surface area contributed by atoms with E-state index in [9.17, 15) is 9.59 Å². The Kier molecular flexibility index (Phi) is 5.82. The van der Waals surface area contributed by atoms with Crippen LogP contribution in [0.2, 0.25) is 0 Å². The predicted molar refractivity (Wildman–Crippen MR) is 76.9 cm³/mol. The summed E-state index contributed by atoms with van der Waals surface area (Å²) in [6, 6.07) is 5.07. The molecule has 2 amide bonds. The van der Waals surface area contributed by atoms with Gasteiger partial charge in [0.05, 0.1) is 12.2 Å². The molecule has 1 aromatic heterocycles. The Morgan fingerprint density at radius 2 is 2.16 bits per heavy atom. The van der Waals surface area contributed by atoms with Crippen molar-refractivity contribution in [2.75, 3.05) is 12.8 Å². The molecule has 0 aromatic carbocycles. The number of thiol groups is 1. The van der Waals surface area contributed by atoms with Gasteiger partial charge in [0.2, 0.25) is 11.8 Å². The first-order chi connectivity index (χ1) is 8.93. The van der Waals surface area contributed by atoms with E-state index in [0.29, 0.717) is 6.54 Å². The molecular weight excluding hydrogens is 262 g/mol. The van der Waals surface area contributed by atoms with Crippen LogP contribution in [0.1, 0.15) is 18.3 Å². The maximum atomic E-state index is 12.1. The summed E-state index contributed by atoms with van der Waals surface area (Å²) in [5.41, 5.74) is 1.72. The summed E-state index contributed by atoms with van der Waals surface area (Å²) in [4.78, 5) is 29.0. The standard InChI is InChI=1S/C13H19N3O2S/c1-9-5-4-6-11(14-9)7-16(3)13(18)12(8-19)15-10(2)17/h4-6,12,19H,7-8H2,1-3H3,(H,15,17). The minimum Gasteiger partial charge on any atom is -0.344 e. The van der Waals surface area contributed by atoms with Crippen LogP contribution in [-0.4, -0.2) is 40.5 Å². The van der Waals surface area contributed by atoms with E-state index in [2.05, 4.69) is 22.9 Å². The third kappa shape index (κ3) is 4.90. The van der Waals surface area contributed by atoms with Crippen LogP contribution >= 0.6 is 12.6 Å². The number of aryl methyl sites for hydroxylation is 1. The summed E-state index contributed by atoms with van der Waals surface area (Å²) in [5.74, 6) is -0.146. The molecule has 1 N–H and O–H groups in total. The zero-order valence-corrected chi connectivity index (χ0v) is 12.3. The van der Waals surface area contributed by atoms with Crippen molar-refractivity contribution in [1.82, 2.24) is 15.2 Å². The van der Waals surface area contributed by atoms with Crippen molar-refractivity contribution in [2.24, 2.45) is 0 Å². The number of likely N-dealkylation sites (N-methyl/N-ethyl adjacent to an activating group) is 1. The number of aromatic nitrogens is 1. The highest BCUT2D eigenvalue weighted by molar-refractivity contribution is 7.80. The number of hydrogen-bond donors (Lipinski definition) is 2. The molecule has 0 saturated carbocycles. The van der Waals surface area contributed by atoms with Gasteiger partial charge in [0.15, 0.2) is 0 Å². The Labute approximate surface area is 118 Å². The van der Waals surface area contributed by atoms with Gasteiger partial charge in [-0.2, -0.15) is 12.6 Å². The number of nitrogens with zero attached hydrogens (tertiary/aromatic N) is 2. The van der Waals surface area contributed by atoms with Crippen LogP contribution in [0, 0.1) is 6.92 Å². The number of carbonyl (C=O) groups is 2. The van der Waals surface area contributed by atoms with E-state index in [0.717, 1.165) is 11.4 Å². The minimum atomic E-state index is -0.601. The molecule has 1 aromatic rings. The molecule has 104 valence electrons. The van der Waals surface area contributed by atoms with E-state index < -0.39 is 6.04 Å². The van der Waals surface area contributed by atoms with Gasteiger partial charge in [-0.15, -0.1) is 0 Å². The summed E-state index contributed by atoms with van der Waals surface area (Å²) in [6.07, 6.45) is 0. The second kappa shape index (κ2) is 7.13. The molecule has 0 fully saturated rings. The molecule has 0 radical (unpaired) electrons. The van der Waals surface area contributed by atoms with E-state index in [1.807, 2.05) is 25.1 Å². The molecule has 19 heavy (non-hydrogen) atoms. The number of hydrogen-bond acceptors (Lipinski definition) is 4. The highest BCUT2D eigenvalue weighted by atomic mass is 32.1. The van der Waals surface area contributed by atoms with E-state index in [1.165, 1.54) is 6.92 Å².